The highest BCUT2D eigenvalue weighted by molar-refractivity contribution is 7.89. The summed E-state index contributed by atoms with van der Waals surface area (Å²) in [6, 6.07) is 17.7. The Hall–Kier alpha value is -1.59. The summed E-state index contributed by atoms with van der Waals surface area (Å²) in [5, 5.41) is 2.70. The van der Waals surface area contributed by atoms with Crippen molar-refractivity contribution in [3.8, 4) is 0 Å². The molecule has 0 aromatic heterocycles. The topological polar surface area (TPSA) is 46.2 Å². The van der Waals surface area contributed by atoms with Gasteiger partial charge in [0, 0.05) is 6.04 Å². The molecule has 0 saturated heterocycles. The van der Waals surface area contributed by atoms with Crippen LogP contribution in [0.1, 0.15) is 18.5 Å². The second kappa shape index (κ2) is 6.73. The summed E-state index contributed by atoms with van der Waals surface area (Å²) in [7, 11) is -3.69. The largest absolute Gasteiger partial charge is 0.241 e. The molecule has 0 aliphatic heterocycles. The van der Waals surface area contributed by atoms with E-state index in [2.05, 4.69) is 4.72 Å². The van der Waals surface area contributed by atoms with Gasteiger partial charge in [-0.3, -0.25) is 0 Å². The molecule has 3 rings (SSSR count). The molecular weight excluding hydrogens is 365 g/mol. The number of benzene rings is 3. The van der Waals surface area contributed by atoms with E-state index in [1.165, 1.54) is 18.2 Å². The molecule has 0 bridgehead atoms. The first-order valence-corrected chi connectivity index (χ1v) is 9.57. The van der Waals surface area contributed by atoms with Gasteiger partial charge < -0.3 is 0 Å². The summed E-state index contributed by atoms with van der Waals surface area (Å²) in [5.74, 6) is 0. The molecule has 3 aromatic carbocycles. The van der Waals surface area contributed by atoms with Crippen molar-refractivity contribution in [2.75, 3.05) is 0 Å². The van der Waals surface area contributed by atoms with Crippen molar-refractivity contribution in [1.82, 2.24) is 4.72 Å². The van der Waals surface area contributed by atoms with E-state index in [1.54, 1.807) is 6.92 Å². The van der Waals surface area contributed by atoms with Gasteiger partial charge in [-0.15, -0.1) is 0 Å². The predicted molar refractivity (Wildman–Crippen MR) is 99.1 cm³/mol. The zero-order chi connectivity index (χ0) is 17.3. The monoisotopic (exact) mass is 379 g/mol. The first-order valence-electron chi connectivity index (χ1n) is 7.33. The van der Waals surface area contributed by atoms with Crippen molar-refractivity contribution in [3.63, 3.8) is 0 Å². The van der Waals surface area contributed by atoms with Gasteiger partial charge in [-0.05, 0) is 47.5 Å². The van der Waals surface area contributed by atoms with Gasteiger partial charge in [-0.1, -0.05) is 59.6 Å². The molecule has 0 unspecified atom stereocenters. The smallest absolute Gasteiger partial charge is 0.207 e. The fraction of sp³-hybridized carbons (Fsp3) is 0.111. The molecule has 0 amide bonds. The zero-order valence-corrected chi connectivity index (χ0v) is 15.2. The van der Waals surface area contributed by atoms with Crippen LogP contribution in [0.25, 0.3) is 10.8 Å². The summed E-state index contributed by atoms with van der Waals surface area (Å²) in [4.78, 5) is 0.0875. The Kier molecular flexibility index (Phi) is 4.83. The average Bonchev–Trinajstić information content (AvgIpc) is 2.56. The van der Waals surface area contributed by atoms with E-state index in [9.17, 15) is 8.42 Å². The maximum atomic E-state index is 12.5. The van der Waals surface area contributed by atoms with Crippen LogP contribution in [0.15, 0.2) is 65.6 Å². The van der Waals surface area contributed by atoms with Crippen LogP contribution in [0.5, 0.6) is 0 Å². The Morgan fingerprint density at radius 2 is 1.58 bits per heavy atom. The van der Waals surface area contributed by atoms with Crippen LogP contribution >= 0.6 is 23.2 Å². The lowest BCUT2D eigenvalue weighted by molar-refractivity contribution is 0.567. The number of nitrogens with one attached hydrogen (secondary N) is 1. The van der Waals surface area contributed by atoms with Crippen molar-refractivity contribution >= 4 is 44.0 Å². The molecular formula is C18H15Cl2NO2S. The third kappa shape index (κ3) is 3.57. The number of rotatable bonds is 4. The average molecular weight is 380 g/mol. The minimum Gasteiger partial charge on any atom is -0.207 e. The lowest BCUT2D eigenvalue weighted by Crippen LogP contribution is -2.26. The van der Waals surface area contributed by atoms with Crippen LogP contribution in [0.4, 0.5) is 0 Å². The van der Waals surface area contributed by atoms with Crippen molar-refractivity contribution in [3.05, 3.63) is 76.3 Å². The Balaban J connectivity index is 1.88. The molecule has 0 saturated carbocycles. The first kappa shape index (κ1) is 17.2. The summed E-state index contributed by atoms with van der Waals surface area (Å²) in [5.41, 5.74) is 0.886. The lowest BCUT2D eigenvalue weighted by atomic mass is 10.0. The van der Waals surface area contributed by atoms with Crippen molar-refractivity contribution in [2.24, 2.45) is 0 Å². The highest BCUT2D eigenvalue weighted by Crippen LogP contribution is 2.26. The van der Waals surface area contributed by atoms with E-state index in [-0.39, 0.29) is 16.0 Å². The van der Waals surface area contributed by atoms with E-state index in [0.29, 0.717) is 5.02 Å². The molecule has 124 valence electrons. The summed E-state index contributed by atoms with van der Waals surface area (Å²) < 4.78 is 27.7. The molecule has 0 aliphatic carbocycles. The second-order valence-electron chi connectivity index (χ2n) is 5.53. The highest BCUT2D eigenvalue weighted by atomic mass is 35.5. The van der Waals surface area contributed by atoms with Gasteiger partial charge in [0.25, 0.3) is 0 Å². The highest BCUT2D eigenvalue weighted by Gasteiger charge is 2.19. The third-order valence-corrected chi connectivity index (χ3v) is 6.08. The SMILES string of the molecule is C[C@H](NS(=O)(=O)c1ccc(Cl)c(Cl)c1)c1ccc2ccccc2c1. The Morgan fingerprint density at radius 1 is 0.875 bits per heavy atom. The molecule has 1 N–H and O–H groups in total. The van der Waals surface area contributed by atoms with Crippen LogP contribution in [-0.4, -0.2) is 8.42 Å². The minimum atomic E-state index is -3.69. The number of fused-ring (bicyclic) bond motifs is 1. The number of hydrogen-bond donors (Lipinski definition) is 1. The fourth-order valence-electron chi connectivity index (χ4n) is 2.49. The van der Waals surface area contributed by atoms with Crippen LogP contribution in [0, 0.1) is 0 Å². The molecule has 24 heavy (non-hydrogen) atoms. The quantitative estimate of drug-likeness (QED) is 0.677. The molecule has 0 fully saturated rings. The molecule has 0 heterocycles. The van der Waals surface area contributed by atoms with Crippen LogP contribution < -0.4 is 4.72 Å². The van der Waals surface area contributed by atoms with Crippen LogP contribution in [-0.2, 0) is 10.0 Å². The fourth-order valence-corrected chi connectivity index (χ4v) is 4.11. The number of hydrogen-bond acceptors (Lipinski definition) is 2. The molecule has 0 radical (unpaired) electrons. The third-order valence-electron chi connectivity index (χ3n) is 3.81. The lowest BCUT2D eigenvalue weighted by Gasteiger charge is -2.15. The molecule has 3 aromatic rings. The maximum Gasteiger partial charge on any atom is 0.241 e. The van der Waals surface area contributed by atoms with Crippen molar-refractivity contribution in [2.45, 2.75) is 17.9 Å². The molecule has 3 nitrogen and oxygen atoms in total. The summed E-state index contributed by atoms with van der Waals surface area (Å²) in [6.07, 6.45) is 0. The van der Waals surface area contributed by atoms with Gasteiger partial charge in [0.1, 0.15) is 0 Å². The molecule has 1 atom stereocenters. The Morgan fingerprint density at radius 3 is 2.29 bits per heavy atom. The van der Waals surface area contributed by atoms with E-state index in [1.807, 2.05) is 42.5 Å². The van der Waals surface area contributed by atoms with E-state index >= 15 is 0 Å². The molecule has 0 spiro atoms. The molecule has 0 aliphatic rings. The Labute approximate surface area is 151 Å². The minimum absolute atomic E-state index is 0.0875. The number of halogens is 2. The van der Waals surface area contributed by atoms with Crippen LogP contribution in [0.3, 0.4) is 0 Å². The number of sulfonamides is 1. The standard InChI is InChI=1S/C18H15Cl2NO2S/c1-12(14-7-6-13-4-2-3-5-15(13)10-14)21-24(22,23)16-8-9-17(19)18(20)11-16/h2-12,21H,1H3/t12-/m0/s1. The summed E-state index contributed by atoms with van der Waals surface area (Å²) in [6.45, 7) is 1.80. The van der Waals surface area contributed by atoms with Gasteiger partial charge in [-0.2, -0.15) is 0 Å². The van der Waals surface area contributed by atoms with Crippen LogP contribution in [0.2, 0.25) is 10.0 Å². The van der Waals surface area contributed by atoms with E-state index in [0.717, 1.165) is 16.3 Å². The molecule has 6 heteroatoms. The van der Waals surface area contributed by atoms with E-state index < -0.39 is 10.0 Å². The first-order chi connectivity index (χ1) is 11.4. The van der Waals surface area contributed by atoms with Crippen molar-refractivity contribution < 1.29 is 8.42 Å². The Bertz CT molecular complexity index is 1000. The van der Waals surface area contributed by atoms with Gasteiger partial charge in [0.2, 0.25) is 10.0 Å². The normalized spacial score (nSPS) is 13.1. The predicted octanol–water partition coefficient (Wildman–Crippen LogP) is 5.19. The van der Waals surface area contributed by atoms with Gasteiger partial charge >= 0.3 is 0 Å². The van der Waals surface area contributed by atoms with Crippen molar-refractivity contribution in [1.29, 1.82) is 0 Å². The van der Waals surface area contributed by atoms with Gasteiger partial charge in [-0.25, -0.2) is 13.1 Å². The van der Waals surface area contributed by atoms with Gasteiger partial charge in [0.15, 0.2) is 0 Å². The van der Waals surface area contributed by atoms with E-state index in [4.69, 9.17) is 23.2 Å². The summed E-state index contributed by atoms with van der Waals surface area (Å²) >= 11 is 11.8. The second-order valence-corrected chi connectivity index (χ2v) is 8.05. The van der Waals surface area contributed by atoms with Gasteiger partial charge in [0.05, 0.1) is 14.9 Å². The maximum absolute atomic E-state index is 12.5. The zero-order valence-electron chi connectivity index (χ0n) is 12.8.